The standard InChI is InChI=1S/C25H34F3N3O4/c1-23(2,3)35-22(34)30-13-5-7-18(16-30)20(32)31-14-6-12-24(31,4)21(33)29-15-17-8-10-19(11-9-17)25(26,27)28/h8-11,18H,5-7,12-16H2,1-4H3,(H,29,33)/t18-,24+/m0/s1. The Bertz CT molecular complexity index is 943. The smallest absolute Gasteiger partial charge is 0.416 e. The van der Waals surface area contributed by atoms with Crippen LogP contribution in [0.25, 0.3) is 0 Å². The summed E-state index contributed by atoms with van der Waals surface area (Å²) in [7, 11) is 0. The van der Waals surface area contributed by atoms with E-state index in [-0.39, 0.29) is 24.9 Å². The number of piperidine rings is 1. The lowest BCUT2D eigenvalue weighted by molar-refractivity contribution is -0.148. The van der Waals surface area contributed by atoms with Crippen molar-refractivity contribution in [3.63, 3.8) is 0 Å². The molecule has 3 rings (SSSR count). The predicted molar refractivity (Wildman–Crippen MR) is 123 cm³/mol. The molecule has 0 radical (unpaired) electrons. The van der Waals surface area contributed by atoms with E-state index in [0.29, 0.717) is 44.3 Å². The minimum atomic E-state index is -4.42. The quantitative estimate of drug-likeness (QED) is 0.671. The zero-order valence-corrected chi connectivity index (χ0v) is 20.7. The van der Waals surface area contributed by atoms with Gasteiger partial charge in [0.2, 0.25) is 11.8 Å². The van der Waals surface area contributed by atoms with Gasteiger partial charge in [0.25, 0.3) is 0 Å². The maximum atomic E-state index is 13.4. The Kier molecular flexibility index (Phi) is 7.71. The van der Waals surface area contributed by atoms with Crippen LogP contribution in [0.15, 0.2) is 24.3 Å². The molecule has 10 heteroatoms. The average molecular weight is 498 g/mol. The highest BCUT2D eigenvalue weighted by atomic mass is 19.4. The van der Waals surface area contributed by atoms with Crippen LogP contribution in [0.5, 0.6) is 0 Å². The molecule has 0 unspecified atom stereocenters. The number of alkyl halides is 3. The number of benzene rings is 1. The van der Waals surface area contributed by atoms with E-state index < -0.39 is 34.9 Å². The molecule has 3 amide bonds. The summed E-state index contributed by atoms with van der Waals surface area (Å²) in [5, 5.41) is 2.78. The fourth-order valence-electron chi connectivity index (χ4n) is 4.63. The molecule has 2 atom stereocenters. The second-order valence-electron chi connectivity index (χ2n) is 10.5. The summed E-state index contributed by atoms with van der Waals surface area (Å²) < 4.78 is 43.7. The molecule has 2 fully saturated rings. The molecule has 2 saturated heterocycles. The number of likely N-dealkylation sites (tertiary alicyclic amines) is 2. The molecule has 2 aliphatic heterocycles. The lowest BCUT2D eigenvalue weighted by Gasteiger charge is -2.39. The largest absolute Gasteiger partial charge is 0.444 e. The van der Waals surface area contributed by atoms with Gasteiger partial charge in [0.1, 0.15) is 11.1 Å². The van der Waals surface area contributed by atoms with Gasteiger partial charge in [-0.3, -0.25) is 9.59 Å². The number of hydrogen-bond donors (Lipinski definition) is 1. The lowest BCUT2D eigenvalue weighted by Crippen LogP contribution is -2.58. The first kappa shape index (κ1) is 26.8. The van der Waals surface area contributed by atoms with Gasteiger partial charge in [-0.1, -0.05) is 12.1 Å². The molecule has 0 aromatic heterocycles. The molecule has 7 nitrogen and oxygen atoms in total. The summed E-state index contributed by atoms with van der Waals surface area (Å²) in [6, 6.07) is 4.62. The van der Waals surface area contributed by atoms with E-state index in [2.05, 4.69) is 5.32 Å². The van der Waals surface area contributed by atoms with E-state index in [1.165, 1.54) is 12.1 Å². The third-order valence-corrected chi connectivity index (χ3v) is 6.55. The summed E-state index contributed by atoms with van der Waals surface area (Å²) in [6.45, 7) is 8.34. The Morgan fingerprint density at radius 3 is 2.34 bits per heavy atom. The highest BCUT2D eigenvalue weighted by Gasteiger charge is 2.47. The van der Waals surface area contributed by atoms with Crippen molar-refractivity contribution in [2.45, 2.75) is 77.2 Å². The number of ether oxygens (including phenoxy) is 1. The highest BCUT2D eigenvalue weighted by Crippen LogP contribution is 2.33. The first-order valence-corrected chi connectivity index (χ1v) is 11.9. The molecule has 1 aromatic rings. The minimum Gasteiger partial charge on any atom is -0.444 e. The van der Waals surface area contributed by atoms with Gasteiger partial charge in [-0.25, -0.2) is 4.79 Å². The predicted octanol–water partition coefficient (Wildman–Crippen LogP) is 4.35. The SMILES string of the molecule is CC(C)(C)OC(=O)N1CCC[C@H](C(=O)N2CCC[C@]2(C)C(=O)NCc2ccc(C(F)(F)F)cc2)C1. The fraction of sp³-hybridized carbons (Fsp3) is 0.640. The number of rotatable bonds is 4. The van der Waals surface area contributed by atoms with Gasteiger partial charge in [0.05, 0.1) is 11.5 Å². The topological polar surface area (TPSA) is 79.0 Å². The van der Waals surface area contributed by atoms with E-state index in [4.69, 9.17) is 4.74 Å². The average Bonchev–Trinajstić information content (AvgIpc) is 3.18. The molecule has 0 bridgehead atoms. The van der Waals surface area contributed by atoms with Gasteiger partial charge < -0.3 is 19.9 Å². The highest BCUT2D eigenvalue weighted by molar-refractivity contribution is 5.92. The number of halogens is 3. The van der Waals surface area contributed by atoms with Crippen LogP contribution in [0, 0.1) is 5.92 Å². The Balaban J connectivity index is 1.63. The Hall–Kier alpha value is -2.78. The number of hydrogen-bond acceptors (Lipinski definition) is 4. The Morgan fingerprint density at radius 2 is 1.74 bits per heavy atom. The number of carbonyl (C=O) groups excluding carboxylic acids is 3. The van der Waals surface area contributed by atoms with Crippen molar-refractivity contribution >= 4 is 17.9 Å². The number of nitrogens with one attached hydrogen (secondary N) is 1. The van der Waals surface area contributed by atoms with Crippen molar-refractivity contribution in [3.8, 4) is 0 Å². The second-order valence-corrected chi connectivity index (χ2v) is 10.5. The molecule has 0 saturated carbocycles. The van der Waals surface area contributed by atoms with Gasteiger partial charge in [0.15, 0.2) is 0 Å². The molecule has 1 aromatic carbocycles. The lowest BCUT2D eigenvalue weighted by atomic mass is 9.92. The van der Waals surface area contributed by atoms with Crippen LogP contribution in [0.2, 0.25) is 0 Å². The molecule has 194 valence electrons. The van der Waals surface area contributed by atoms with Crippen molar-refractivity contribution in [3.05, 3.63) is 35.4 Å². The summed E-state index contributed by atoms with van der Waals surface area (Å²) in [5.41, 5.74) is -1.91. The summed E-state index contributed by atoms with van der Waals surface area (Å²) >= 11 is 0. The summed E-state index contributed by atoms with van der Waals surface area (Å²) in [5.74, 6) is -0.928. The van der Waals surface area contributed by atoms with E-state index in [0.717, 1.165) is 12.1 Å². The van der Waals surface area contributed by atoms with Crippen LogP contribution in [0.1, 0.15) is 64.5 Å². The van der Waals surface area contributed by atoms with Crippen LogP contribution in [-0.4, -0.2) is 58.5 Å². The third-order valence-electron chi connectivity index (χ3n) is 6.55. The number of amides is 3. The normalized spacial score (nSPS) is 23.2. The summed E-state index contributed by atoms with van der Waals surface area (Å²) in [4.78, 5) is 42.2. The maximum absolute atomic E-state index is 13.4. The molecular formula is C25H34F3N3O4. The Morgan fingerprint density at radius 1 is 1.09 bits per heavy atom. The van der Waals surface area contributed by atoms with Crippen molar-refractivity contribution in [1.29, 1.82) is 0 Å². The van der Waals surface area contributed by atoms with Crippen LogP contribution >= 0.6 is 0 Å². The monoisotopic (exact) mass is 497 g/mol. The molecule has 1 N–H and O–H groups in total. The zero-order chi connectivity index (χ0) is 26.0. The Labute approximate surface area is 204 Å². The van der Waals surface area contributed by atoms with Gasteiger partial charge in [-0.15, -0.1) is 0 Å². The van der Waals surface area contributed by atoms with E-state index >= 15 is 0 Å². The minimum absolute atomic E-state index is 0.0600. The molecule has 35 heavy (non-hydrogen) atoms. The van der Waals surface area contributed by atoms with Crippen LogP contribution < -0.4 is 5.32 Å². The van der Waals surface area contributed by atoms with Crippen molar-refractivity contribution in [1.82, 2.24) is 15.1 Å². The van der Waals surface area contributed by atoms with Gasteiger partial charge in [-0.2, -0.15) is 13.2 Å². The summed E-state index contributed by atoms with van der Waals surface area (Å²) in [6.07, 6.45) is -2.43. The molecule has 2 aliphatic rings. The van der Waals surface area contributed by atoms with Crippen molar-refractivity contribution in [2.75, 3.05) is 19.6 Å². The zero-order valence-electron chi connectivity index (χ0n) is 20.7. The first-order chi connectivity index (χ1) is 16.2. The molecule has 2 heterocycles. The van der Waals surface area contributed by atoms with Gasteiger partial charge >= 0.3 is 12.3 Å². The van der Waals surface area contributed by atoms with Crippen LogP contribution in [0.4, 0.5) is 18.0 Å². The number of nitrogens with zero attached hydrogens (tertiary/aromatic N) is 2. The fourth-order valence-corrected chi connectivity index (χ4v) is 4.63. The van der Waals surface area contributed by atoms with E-state index in [1.807, 2.05) is 0 Å². The van der Waals surface area contributed by atoms with Crippen LogP contribution in [-0.2, 0) is 27.0 Å². The number of carbonyl (C=O) groups is 3. The molecule has 0 aliphatic carbocycles. The third kappa shape index (κ3) is 6.46. The van der Waals surface area contributed by atoms with Gasteiger partial charge in [0, 0.05) is 26.2 Å². The van der Waals surface area contributed by atoms with Gasteiger partial charge in [-0.05, 0) is 71.1 Å². The molecular weight excluding hydrogens is 463 g/mol. The van der Waals surface area contributed by atoms with E-state index in [1.54, 1.807) is 37.5 Å². The van der Waals surface area contributed by atoms with Crippen molar-refractivity contribution < 1.29 is 32.3 Å². The van der Waals surface area contributed by atoms with E-state index in [9.17, 15) is 27.6 Å². The second kappa shape index (κ2) is 10.1. The molecule has 0 spiro atoms. The van der Waals surface area contributed by atoms with Crippen molar-refractivity contribution in [2.24, 2.45) is 5.92 Å². The van der Waals surface area contributed by atoms with Crippen LogP contribution in [0.3, 0.4) is 0 Å². The first-order valence-electron chi connectivity index (χ1n) is 11.9. The maximum Gasteiger partial charge on any atom is 0.416 e.